The van der Waals surface area contributed by atoms with Crippen LogP contribution in [0.4, 0.5) is 5.69 Å². The van der Waals surface area contributed by atoms with E-state index >= 15 is 0 Å². The first-order chi connectivity index (χ1) is 9.65. The molecule has 1 atom stereocenters. The first kappa shape index (κ1) is 14.9. The van der Waals surface area contributed by atoms with Crippen molar-refractivity contribution < 1.29 is 4.79 Å². The van der Waals surface area contributed by atoms with Crippen molar-refractivity contribution in [2.45, 2.75) is 57.9 Å². The van der Waals surface area contributed by atoms with E-state index in [1.807, 2.05) is 24.3 Å². The number of hydrogen-bond acceptors (Lipinski definition) is 2. The van der Waals surface area contributed by atoms with Crippen LogP contribution in [-0.2, 0) is 11.2 Å². The van der Waals surface area contributed by atoms with Gasteiger partial charge in [0.05, 0.1) is 0 Å². The molecule has 0 aliphatic heterocycles. The van der Waals surface area contributed by atoms with E-state index < -0.39 is 0 Å². The summed E-state index contributed by atoms with van der Waals surface area (Å²) in [5, 5.41) is 3.17. The molecule has 1 amide bonds. The van der Waals surface area contributed by atoms with Crippen molar-refractivity contribution in [1.29, 1.82) is 0 Å². The van der Waals surface area contributed by atoms with Crippen LogP contribution in [0.2, 0.25) is 0 Å². The molecule has 2 rings (SSSR count). The maximum atomic E-state index is 12.0. The van der Waals surface area contributed by atoms with Gasteiger partial charge in [0, 0.05) is 18.2 Å². The Hall–Kier alpha value is -1.51. The lowest BCUT2D eigenvalue weighted by Crippen LogP contribution is -2.38. The Bertz CT molecular complexity index is 421. The fourth-order valence-corrected chi connectivity index (χ4v) is 3.02. The second-order valence-corrected chi connectivity index (χ2v) is 6.00. The second-order valence-electron chi connectivity index (χ2n) is 6.00. The third-order valence-electron chi connectivity index (χ3n) is 4.37. The molecule has 0 spiro atoms. The number of nitrogen functional groups attached to an aromatic ring is 1. The van der Waals surface area contributed by atoms with Gasteiger partial charge in [-0.3, -0.25) is 4.79 Å². The Morgan fingerprint density at radius 3 is 2.55 bits per heavy atom. The number of nitrogens with one attached hydrogen (secondary N) is 1. The number of hydrogen-bond donors (Lipinski definition) is 2. The van der Waals surface area contributed by atoms with E-state index in [2.05, 4.69) is 12.2 Å². The van der Waals surface area contributed by atoms with Gasteiger partial charge in [-0.2, -0.15) is 0 Å². The molecule has 0 unspecified atom stereocenters. The van der Waals surface area contributed by atoms with Crippen molar-refractivity contribution >= 4 is 11.6 Å². The number of carbonyl (C=O) groups excluding carboxylic acids is 1. The van der Waals surface area contributed by atoms with Gasteiger partial charge in [-0.1, -0.05) is 31.4 Å². The minimum absolute atomic E-state index is 0.167. The smallest absolute Gasteiger partial charge is 0.220 e. The number of rotatable bonds is 5. The summed E-state index contributed by atoms with van der Waals surface area (Å²) in [7, 11) is 0. The standard InChI is InChI=1S/C17H26N2O/c1-13(15-5-3-2-4-6-15)19-17(20)12-9-14-7-10-16(18)11-8-14/h7-8,10-11,13,15H,2-6,9,12,18H2,1H3,(H,19,20)/t13-/m0/s1. The molecule has 1 aromatic carbocycles. The summed E-state index contributed by atoms with van der Waals surface area (Å²) in [6.07, 6.45) is 7.85. The summed E-state index contributed by atoms with van der Waals surface area (Å²) >= 11 is 0. The zero-order valence-corrected chi connectivity index (χ0v) is 12.4. The van der Waals surface area contributed by atoms with Crippen molar-refractivity contribution in [3.05, 3.63) is 29.8 Å². The zero-order valence-electron chi connectivity index (χ0n) is 12.4. The van der Waals surface area contributed by atoms with Gasteiger partial charge in [0.1, 0.15) is 0 Å². The molecule has 0 heterocycles. The Balaban J connectivity index is 1.73. The van der Waals surface area contributed by atoms with Crippen LogP contribution in [0, 0.1) is 5.92 Å². The largest absolute Gasteiger partial charge is 0.399 e. The van der Waals surface area contributed by atoms with Gasteiger partial charge in [0.2, 0.25) is 5.91 Å². The Kier molecular flexibility index (Phi) is 5.45. The number of benzene rings is 1. The third kappa shape index (κ3) is 4.55. The van der Waals surface area contributed by atoms with Crippen LogP contribution in [0.15, 0.2) is 24.3 Å². The molecule has 0 aromatic heterocycles. The maximum absolute atomic E-state index is 12.0. The predicted molar refractivity (Wildman–Crippen MR) is 83.4 cm³/mol. The molecule has 1 aromatic rings. The van der Waals surface area contributed by atoms with Gasteiger partial charge in [-0.05, 0) is 49.8 Å². The Labute approximate surface area is 121 Å². The molecule has 3 heteroatoms. The summed E-state index contributed by atoms with van der Waals surface area (Å²) < 4.78 is 0. The van der Waals surface area contributed by atoms with E-state index in [4.69, 9.17) is 5.73 Å². The van der Waals surface area contributed by atoms with E-state index in [1.54, 1.807) is 0 Å². The van der Waals surface area contributed by atoms with Gasteiger partial charge in [0.15, 0.2) is 0 Å². The third-order valence-corrected chi connectivity index (χ3v) is 4.37. The van der Waals surface area contributed by atoms with Gasteiger partial charge < -0.3 is 11.1 Å². The highest BCUT2D eigenvalue weighted by molar-refractivity contribution is 5.76. The minimum Gasteiger partial charge on any atom is -0.399 e. The quantitative estimate of drug-likeness (QED) is 0.810. The molecule has 110 valence electrons. The van der Waals surface area contributed by atoms with Gasteiger partial charge in [-0.15, -0.1) is 0 Å². The lowest BCUT2D eigenvalue weighted by molar-refractivity contribution is -0.122. The average Bonchev–Trinajstić information content (AvgIpc) is 2.47. The first-order valence-electron chi connectivity index (χ1n) is 7.79. The highest BCUT2D eigenvalue weighted by atomic mass is 16.1. The number of anilines is 1. The van der Waals surface area contributed by atoms with Gasteiger partial charge in [0.25, 0.3) is 0 Å². The zero-order chi connectivity index (χ0) is 14.4. The first-order valence-corrected chi connectivity index (χ1v) is 7.79. The van der Waals surface area contributed by atoms with E-state index in [0.717, 1.165) is 12.1 Å². The van der Waals surface area contributed by atoms with E-state index in [9.17, 15) is 4.79 Å². The highest BCUT2D eigenvalue weighted by Gasteiger charge is 2.21. The van der Waals surface area contributed by atoms with Crippen LogP contribution in [0.5, 0.6) is 0 Å². The van der Waals surface area contributed by atoms with Crippen molar-refractivity contribution in [3.8, 4) is 0 Å². The van der Waals surface area contributed by atoms with Crippen LogP contribution in [0.1, 0.15) is 51.0 Å². The van der Waals surface area contributed by atoms with Crippen LogP contribution in [0.25, 0.3) is 0 Å². The second kappa shape index (κ2) is 7.32. The summed E-state index contributed by atoms with van der Waals surface area (Å²) in [6.45, 7) is 2.15. The summed E-state index contributed by atoms with van der Waals surface area (Å²) in [4.78, 5) is 12.0. The molecule has 20 heavy (non-hydrogen) atoms. The molecule has 1 aliphatic rings. The molecule has 0 radical (unpaired) electrons. The molecular formula is C17H26N2O. The van der Waals surface area contributed by atoms with Crippen molar-refractivity contribution in [1.82, 2.24) is 5.32 Å². The van der Waals surface area contributed by atoms with Crippen LogP contribution >= 0.6 is 0 Å². The van der Waals surface area contributed by atoms with Crippen molar-refractivity contribution in [3.63, 3.8) is 0 Å². The molecule has 1 aliphatic carbocycles. The number of amides is 1. The number of nitrogens with two attached hydrogens (primary N) is 1. The van der Waals surface area contributed by atoms with Crippen molar-refractivity contribution in [2.24, 2.45) is 5.92 Å². The van der Waals surface area contributed by atoms with Crippen LogP contribution in [-0.4, -0.2) is 11.9 Å². The summed E-state index contributed by atoms with van der Waals surface area (Å²) in [5.41, 5.74) is 7.59. The van der Waals surface area contributed by atoms with E-state index in [1.165, 1.54) is 37.7 Å². The molecule has 1 saturated carbocycles. The summed E-state index contributed by atoms with van der Waals surface area (Å²) in [6, 6.07) is 8.07. The molecule has 3 N–H and O–H groups in total. The van der Waals surface area contributed by atoms with Gasteiger partial charge in [-0.25, -0.2) is 0 Å². The Morgan fingerprint density at radius 2 is 1.90 bits per heavy atom. The van der Waals surface area contributed by atoms with Crippen LogP contribution in [0.3, 0.4) is 0 Å². The maximum Gasteiger partial charge on any atom is 0.220 e. The van der Waals surface area contributed by atoms with Crippen LogP contribution < -0.4 is 11.1 Å². The van der Waals surface area contributed by atoms with E-state index in [-0.39, 0.29) is 5.91 Å². The lowest BCUT2D eigenvalue weighted by atomic mass is 9.84. The minimum atomic E-state index is 0.167. The normalized spacial score (nSPS) is 17.6. The number of carbonyl (C=O) groups is 1. The van der Waals surface area contributed by atoms with E-state index in [0.29, 0.717) is 18.4 Å². The van der Waals surface area contributed by atoms with Crippen molar-refractivity contribution in [2.75, 3.05) is 5.73 Å². The SMILES string of the molecule is C[C@H](NC(=O)CCc1ccc(N)cc1)C1CCCCC1. The topological polar surface area (TPSA) is 55.1 Å². The predicted octanol–water partition coefficient (Wildman–Crippen LogP) is 3.29. The average molecular weight is 274 g/mol. The lowest BCUT2D eigenvalue weighted by Gasteiger charge is -2.28. The molecular weight excluding hydrogens is 248 g/mol. The molecule has 0 saturated heterocycles. The highest BCUT2D eigenvalue weighted by Crippen LogP contribution is 2.26. The molecule has 3 nitrogen and oxygen atoms in total. The summed E-state index contributed by atoms with van der Waals surface area (Å²) in [5.74, 6) is 0.837. The monoisotopic (exact) mass is 274 g/mol. The molecule has 0 bridgehead atoms. The molecule has 1 fully saturated rings. The Morgan fingerprint density at radius 1 is 1.25 bits per heavy atom. The fraction of sp³-hybridized carbons (Fsp3) is 0.588. The fourth-order valence-electron chi connectivity index (χ4n) is 3.02. The van der Waals surface area contributed by atoms with Gasteiger partial charge >= 0.3 is 0 Å². The number of aryl methyl sites for hydroxylation is 1.